The summed E-state index contributed by atoms with van der Waals surface area (Å²) in [6.07, 6.45) is 1.50. The van der Waals surface area contributed by atoms with Crippen LogP contribution in [-0.4, -0.2) is 29.5 Å². The highest BCUT2D eigenvalue weighted by molar-refractivity contribution is 7.80. The SMILES string of the molecule is CNC(=S)NN=Cc1cccc(C(=O)O)c1. The van der Waals surface area contributed by atoms with Gasteiger partial charge >= 0.3 is 5.97 Å². The van der Waals surface area contributed by atoms with E-state index in [2.05, 4.69) is 15.8 Å². The van der Waals surface area contributed by atoms with Crippen molar-refractivity contribution in [2.24, 2.45) is 5.10 Å². The first-order valence-corrected chi connectivity index (χ1v) is 4.88. The van der Waals surface area contributed by atoms with Crippen LogP contribution >= 0.6 is 12.2 Å². The maximum Gasteiger partial charge on any atom is 0.335 e. The molecular formula is C10H11N3O2S. The van der Waals surface area contributed by atoms with Crippen molar-refractivity contribution in [2.45, 2.75) is 0 Å². The quantitative estimate of drug-likeness (QED) is 0.412. The molecule has 0 unspecified atom stereocenters. The summed E-state index contributed by atoms with van der Waals surface area (Å²) in [7, 11) is 1.68. The molecule has 0 atom stereocenters. The largest absolute Gasteiger partial charge is 0.478 e. The van der Waals surface area contributed by atoms with Gasteiger partial charge in [0.2, 0.25) is 0 Å². The van der Waals surface area contributed by atoms with Crippen LogP contribution in [0.2, 0.25) is 0 Å². The lowest BCUT2D eigenvalue weighted by Crippen LogP contribution is -2.28. The number of hydrazone groups is 1. The number of carboxylic acid groups (broad SMARTS) is 1. The van der Waals surface area contributed by atoms with Crippen molar-refractivity contribution >= 4 is 29.5 Å². The molecule has 0 saturated heterocycles. The highest BCUT2D eigenvalue weighted by Crippen LogP contribution is 2.02. The van der Waals surface area contributed by atoms with Gasteiger partial charge in [-0.3, -0.25) is 5.43 Å². The molecule has 5 nitrogen and oxygen atoms in total. The predicted molar refractivity (Wildman–Crippen MR) is 65.8 cm³/mol. The molecule has 0 spiro atoms. The monoisotopic (exact) mass is 237 g/mol. The standard InChI is InChI=1S/C10H11N3O2S/c1-11-10(16)13-12-6-7-3-2-4-8(5-7)9(14)15/h2-6H,1H3,(H,14,15)(H2,11,13,16). The summed E-state index contributed by atoms with van der Waals surface area (Å²) < 4.78 is 0. The van der Waals surface area contributed by atoms with Crippen molar-refractivity contribution in [2.75, 3.05) is 7.05 Å². The van der Waals surface area contributed by atoms with Crippen LogP contribution < -0.4 is 10.7 Å². The van der Waals surface area contributed by atoms with Crippen LogP contribution in [0, 0.1) is 0 Å². The molecular weight excluding hydrogens is 226 g/mol. The van der Waals surface area contributed by atoms with E-state index >= 15 is 0 Å². The number of benzene rings is 1. The Bertz CT molecular complexity index is 432. The molecule has 0 heterocycles. The van der Waals surface area contributed by atoms with Gasteiger partial charge in [-0.25, -0.2) is 4.79 Å². The molecule has 0 fully saturated rings. The van der Waals surface area contributed by atoms with Gasteiger partial charge in [0.1, 0.15) is 0 Å². The number of carboxylic acids is 1. The molecule has 0 bridgehead atoms. The minimum absolute atomic E-state index is 0.222. The second-order valence-electron chi connectivity index (χ2n) is 2.88. The van der Waals surface area contributed by atoms with E-state index in [0.717, 1.165) is 0 Å². The molecule has 0 aliphatic rings. The van der Waals surface area contributed by atoms with E-state index in [0.29, 0.717) is 10.7 Å². The van der Waals surface area contributed by atoms with E-state index in [-0.39, 0.29) is 5.56 Å². The Morgan fingerprint density at radius 2 is 2.31 bits per heavy atom. The van der Waals surface area contributed by atoms with Gasteiger partial charge in [0.15, 0.2) is 5.11 Å². The van der Waals surface area contributed by atoms with Crippen LogP contribution in [0.4, 0.5) is 0 Å². The van der Waals surface area contributed by atoms with Crippen molar-refractivity contribution in [3.05, 3.63) is 35.4 Å². The molecule has 0 saturated carbocycles. The van der Waals surface area contributed by atoms with Gasteiger partial charge < -0.3 is 10.4 Å². The molecule has 1 aromatic carbocycles. The Hall–Kier alpha value is -1.95. The normalized spacial score (nSPS) is 10.1. The summed E-state index contributed by atoms with van der Waals surface area (Å²) in [4.78, 5) is 10.7. The maximum absolute atomic E-state index is 10.7. The Labute approximate surface area is 98.2 Å². The minimum atomic E-state index is -0.964. The number of nitrogens with zero attached hydrogens (tertiary/aromatic N) is 1. The molecule has 0 amide bonds. The van der Waals surface area contributed by atoms with Crippen molar-refractivity contribution < 1.29 is 9.90 Å². The molecule has 0 aliphatic heterocycles. The maximum atomic E-state index is 10.7. The average Bonchev–Trinajstić information content (AvgIpc) is 2.29. The van der Waals surface area contributed by atoms with E-state index in [1.807, 2.05) is 0 Å². The average molecular weight is 237 g/mol. The van der Waals surface area contributed by atoms with Crippen LogP contribution in [-0.2, 0) is 0 Å². The molecule has 6 heteroatoms. The van der Waals surface area contributed by atoms with Crippen molar-refractivity contribution in [1.82, 2.24) is 10.7 Å². The summed E-state index contributed by atoms with van der Waals surface area (Å²) in [5.74, 6) is -0.964. The van der Waals surface area contributed by atoms with Crippen LogP contribution in [0.5, 0.6) is 0 Å². The van der Waals surface area contributed by atoms with E-state index in [4.69, 9.17) is 17.3 Å². The van der Waals surface area contributed by atoms with Crippen LogP contribution in [0.15, 0.2) is 29.4 Å². The van der Waals surface area contributed by atoms with E-state index in [1.165, 1.54) is 18.3 Å². The Morgan fingerprint density at radius 3 is 2.94 bits per heavy atom. The third kappa shape index (κ3) is 3.66. The van der Waals surface area contributed by atoms with Gasteiger partial charge in [0.25, 0.3) is 0 Å². The zero-order valence-corrected chi connectivity index (χ0v) is 9.41. The summed E-state index contributed by atoms with van der Waals surface area (Å²) in [5, 5.41) is 15.7. The number of nitrogens with one attached hydrogen (secondary N) is 2. The number of aromatic carboxylic acids is 1. The summed E-state index contributed by atoms with van der Waals surface area (Å²) in [6, 6.07) is 6.45. The first kappa shape index (κ1) is 12.1. The number of thiocarbonyl (C=S) groups is 1. The molecule has 0 radical (unpaired) electrons. The lowest BCUT2D eigenvalue weighted by Gasteiger charge is -2.00. The van der Waals surface area contributed by atoms with Gasteiger partial charge in [-0.1, -0.05) is 12.1 Å². The number of hydrogen-bond acceptors (Lipinski definition) is 3. The fourth-order valence-corrected chi connectivity index (χ4v) is 1.03. The molecule has 1 rings (SSSR count). The lowest BCUT2D eigenvalue weighted by atomic mass is 10.1. The third-order valence-electron chi connectivity index (χ3n) is 1.74. The van der Waals surface area contributed by atoms with E-state index < -0.39 is 5.97 Å². The van der Waals surface area contributed by atoms with Crippen molar-refractivity contribution in [1.29, 1.82) is 0 Å². The lowest BCUT2D eigenvalue weighted by molar-refractivity contribution is 0.0697. The molecule has 1 aromatic rings. The first-order valence-electron chi connectivity index (χ1n) is 4.47. The van der Waals surface area contributed by atoms with Crippen LogP contribution in [0.3, 0.4) is 0 Å². The topological polar surface area (TPSA) is 73.7 Å². The second-order valence-corrected chi connectivity index (χ2v) is 3.29. The van der Waals surface area contributed by atoms with Crippen molar-refractivity contribution in [3.8, 4) is 0 Å². The van der Waals surface area contributed by atoms with Gasteiger partial charge in [-0.2, -0.15) is 5.10 Å². The zero-order valence-electron chi connectivity index (χ0n) is 8.60. The highest BCUT2D eigenvalue weighted by atomic mass is 32.1. The third-order valence-corrected chi connectivity index (χ3v) is 2.04. The minimum Gasteiger partial charge on any atom is -0.478 e. The fraction of sp³-hybridized carbons (Fsp3) is 0.100. The van der Waals surface area contributed by atoms with Crippen molar-refractivity contribution in [3.63, 3.8) is 0 Å². The number of hydrogen-bond donors (Lipinski definition) is 3. The Balaban J connectivity index is 2.70. The fourth-order valence-electron chi connectivity index (χ4n) is 0.973. The second kappa shape index (κ2) is 5.82. The number of rotatable bonds is 3. The summed E-state index contributed by atoms with van der Waals surface area (Å²) in [6.45, 7) is 0. The number of carbonyl (C=O) groups is 1. The molecule has 16 heavy (non-hydrogen) atoms. The van der Waals surface area contributed by atoms with Gasteiger partial charge in [-0.05, 0) is 29.9 Å². The summed E-state index contributed by atoms with van der Waals surface area (Å²) >= 11 is 4.81. The van der Waals surface area contributed by atoms with E-state index in [9.17, 15) is 4.79 Å². The Morgan fingerprint density at radius 1 is 1.56 bits per heavy atom. The summed E-state index contributed by atoms with van der Waals surface area (Å²) in [5.41, 5.74) is 3.48. The first-order chi connectivity index (χ1) is 7.63. The predicted octanol–water partition coefficient (Wildman–Crippen LogP) is 0.813. The highest BCUT2D eigenvalue weighted by Gasteiger charge is 2.01. The molecule has 0 aliphatic carbocycles. The Kier molecular flexibility index (Phi) is 4.41. The zero-order chi connectivity index (χ0) is 12.0. The smallest absolute Gasteiger partial charge is 0.335 e. The van der Waals surface area contributed by atoms with Gasteiger partial charge in [-0.15, -0.1) is 0 Å². The molecule has 84 valence electrons. The van der Waals surface area contributed by atoms with Crippen LogP contribution in [0.25, 0.3) is 0 Å². The molecule has 0 aromatic heterocycles. The van der Waals surface area contributed by atoms with E-state index in [1.54, 1.807) is 19.2 Å². The van der Waals surface area contributed by atoms with Gasteiger partial charge in [0.05, 0.1) is 11.8 Å². The molecule has 3 N–H and O–H groups in total. The van der Waals surface area contributed by atoms with Crippen LogP contribution in [0.1, 0.15) is 15.9 Å². The van der Waals surface area contributed by atoms with Gasteiger partial charge in [0, 0.05) is 7.05 Å².